The Balaban J connectivity index is 1.72. The molecule has 6 nitrogen and oxygen atoms in total. The van der Waals surface area contributed by atoms with Crippen molar-refractivity contribution >= 4 is 28.6 Å². The van der Waals surface area contributed by atoms with Gasteiger partial charge in [-0.05, 0) is 89.0 Å². The molecule has 8 atom stereocenters. The van der Waals surface area contributed by atoms with Gasteiger partial charge < -0.3 is 18.3 Å². The molecule has 188 valence electrons. The third-order valence-corrected chi connectivity index (χ3v) is 11.1. The van der Waals surface area contributed by atoms with Crippen molar-refractivity contribution < 1.29 is 27.9 Å². The molecule has 1 saturated heterocycles. The SMILES string of the molecule is C=C1C[C@]23C[C@@]1(O[Si](C)(C)C)[C@@H](O[Si](C)(C)C)C[C@H]2[C@@]12C=CCC(C)(C(=O)O1)[C@H]2[C@@H]3C(=O)OC. The number of rotatable bonds is 5. The number of esters is 2. The van der Waals surface area contributed by atoms with Crippen molar-refractivity contribution in [2.45, 2.75) is 89.2 Å². The van der Waals surface area contributed by atoms with Gasteiger partial charge in [0.2, 0.25) is 0 Å². The maximum atomic E-state index is 13.6. The van der Waals surface area contributed by atoms with Gasteiger partial charge in [0.05, 0.1) is 24.5 Å². The molecule has 1 spiro atoms. The highest BCUT2D eigenvalue weighted by Crippen LogP contribution is 2.78. The monoisotopic (exact) mass is 504 g/mol. The minimum atomic E-state index is -2.00. The Kier molecular flexibility index (Phi) is 5.01. The van der Waals surface area contributed by atoms with E-state index in [9.17, 15) is 9.59 Å². The fourth-order valence-corrected chi connectivity index (χ4v) is 11.1. The van der Waals surface area contributed by atoms with E-state index >= 15 is 0 Å². The number of methoxy groups -OCH3 is 1. The van der Waals surface area contributed by atoms with Crippen LogP contribution in [0.25, 0.3) is 0 Å². The lowest BCUT2D eigenvalue weighted by Crippen LogP contribution is -2.60. The van der Waals surface area contributed by atoms with Gasteiger partial charge in [0.15, 0.2) is 16.6 Å². The van der Waals surface area contributed by atoms with Gasteiger partial charge in [-0.15, -0.1) is 0 Å². The molecule has 0 amide bonds. The quantitative estimate of drug-likeness (QED) is 0.303. The molecule has 5 rings (SSSR count). The van der Waals surface area contributed by atoms with E-state index in [0.29, 0.717) is 25.7 Å². The molecule has 0 aromatic rings. The third-order valence-electron chi connectivity index (χ3n) is 9.16. The molecule has 1 aliphatic heterocycles. The van der Waals surface area contributed by atoms with Crippen LogP contribution in [0.1, 0.15) is 32.6 Å². The summed E-state index contributed by atoms with van der Waals surface area (Å²) in [6, 6.07) is 0. The second-order valence-corrected chi connectivity index (χ2v) is 22.4. The van der Waals surface area contributed by atoms with Crippen molar-refractivity contribution in [2.75, 3.05) is 7.11 Å². The molecule has 0 aromatic heterocycles. The number of fused-ring (bicyclic) bond motifs is 1. The number of carbonyl (C=O) groups is 2. The Morgan fingerprint density at radius 2 is 1.85 bits per heavy atom. The molecule has 0 aromatic carbocycles. The fourth-order valence-electron chi connectivity index (χ4n) is 8.47. The van der Waals surface area contributed by atoms with Crippen LogP contribution >= 0.6 is 0 Å². The molecule has 8 heteroatoms. The van der Waals surface area contributed by atoms with Gasteiger partial charge in [0.1, 0.15) is 11.2 Å². The van der Waals surface area contributed by atoms with Crippen LogP contribution in [0.2, 0.25) is 39.3 Å². The average Bonchev–Trinajstić information content (AvgIpc) is 3.10. The van der Waals surface area contributed by atoms with E-state index < -0.39 is 44.6 Å². The highest BCUT2D eigenvalue weighted by atomic mass is 28.4. The zero-order valence-corrected chi connectivity index (χ0v) is 23.9. The average molecular weight is 505 g/mol. The van der Waals surface area contributed by atoms with Gasteiger partial charge in [-0.25, -0.2) is 0 Å². The van der Waals surface area contributed by atoms with Crippen LogP contribution < -0.4 is 0 Å². The molecule has 4 aliphatic carbocycles. The molecule has 3 saturated carbocycles. The lowest BCUT2D eigenvalue weighted by atomic mass is 9.61. The number of hydrogen-bond donors (Lipinski definition) is 0. The van der Waals surface area contributed by atoms with Gasteiger partial charge >= 0.3 is 11.9 Å². The van der Waals surface area contributed by atoms with Crippen molar-refractivity contribution in [3.63, 3.8) is 0 Å². The molecular weight excluding hydrogens is 464 g/mol. The molecule has 0 N–H and O–H groups in total. The maximum Gasteiger partial charge on any atom is 0.313 e. The van der Waals surface area contributed by atoms with Crippen LogP contribution in [-0.4, -0.2) is 53.0 Å². The van der Waals surface area contributed by atoms with E-state index in [-0.39, 0.29) is 29.9 Å². The second-order valence-electron chi connectivity index (χ2n) is 13.5. The molecule has 4 fully saturated rings. The summed E-state index contributed by atoms with van der Waals surface area (Å²) >= 11 is 0. The number of carbonyl (C=O) groups excluding carboxylic acids is 2. The standard InChI is InChI=1S/C26H40O6Si2/c1-16-14-24-15-26(16,32-34(7,8)9)18(31-33(4,5)6)13-17(24)25-12-10-11-23(2,22(28)30-25)20(25)19(24)21(27)29-3/h10,12,17-20H,1,11,13-15H2,2-9H3/t17-,18+,19-,20-,23?,24+,25-,26+/m1/s1. The summed E-state index contributed by atoms with van der Waals surface area (Å²) in [5, 5.41) is 0. The zero-order chi connectivity index (χ0) is 25.1. The molecule has 5 aliphatic rings. The first-order valence-corrected chi connectivity index (χ1v) is 19.4. The summed E-state index contributed by atoms with van der Waals surface area (Å²) in [6.07, 6.45) is 6.62. The predicted molar refractivity (Wildman–Crippen MR) is 134 cm³/mol. The van der Waals surface area contributed by atoms with E-state index in [1.807, 2.05) is 6.92 Å². The van der Waals surface area contributed by atoms with Crippen LogP contribution in [0.15, 0.2) is 24.3 Å². The Labute approximate surface area is 205 Å². The summed E-state index contributed by atoms with van der Waals surface area (Å²) in [5.74, 6) is -1.18. The number of hydrogen-bond acceptors (Lipinski definition) is 6. The first-order chi connectivity index (χ1) is 15.5. The Hall–Kier alpha value is -1.23. The van der Waals surface area contributed by atoms with Crippen LogP contribution in [0.3, 0.4) is 0 Å². The fraction of sp³-hybridized carbons (Fsp3) is 0.769. The van der Waals surface area contributed by atoms with Crippen molar-refractivity contribution in [3.8, 4) is 0 Å². The predicted octanol–water partition coefficient (Wildman–Crippen LogP) is 4.83. The summed E-state index contributed by atoms with van der Waals surface area (Å²) in [4.78, 5) is 26.8. The molecule has 0 radical (unpaired) electrons. The van der Waals surface area contributed by atoms with E-state index in [2.05, 4.69) is 58.0 Å². The van der Waals surface area contributed by atoms with Gasteiger partial charge in [-0.1, -0.05) is 12.7 Å². The van der Waals surface area contributed by atoms with Gasteiger partial charge in [0.25, 0.3) is 0 Å². The van der Waals surface area contributed by atoms with Crippen molar-refractivity contribution in [1.82, 2.24) is 0 Å². The van der Waals surface area contributed by atoms with E-state index in [1.165, 1.54) is 7.11 Å². The highest BCUT2D eigenvalue weighted by molar-refractivity contribution is 6.70. The Morgan fingerprint density at radius 3 is 2.44 bits per heavy atom. The van der Waals surface area contributed by atoms with Crippen molar-refractivity contribution in [1.29, 1.82) is 0 Å². The zero-order valence-electron chi connectivity index (χ0n) is 21.9. The Bertz CT molecular complexity index is 994. The van der Waals surface area contributed by atoms with Crippen molar-refractivity contribution in [2.24, 2.45) is 28.6 Å². The van der Waals surface area contributed by atoms with Gasteiger partial charge in [-0.3, -0.25) is 9.59 Å². The Morgan fingerprint density at radius 1 is 1.18 bits per heavy atom. The number of ether oxygens (including phenoxy) is 2. The van der Waals surface area contributed by atoms with E-state index in [0.717, 1.165) is 5.57 Å². The first-order valence-electron chi connectivity index (χ1n) is 12.6. The summed E-state index contributed by atoms with van der Waals surface area (Å²) in [5.41, 5.74) is -1.56. The second kappa shape index (κ2) is 6.96. The van der Waals surface area contributed by atoms with Gasteiger partial charge in [-0.2, -0.15) is 0 Å². The molecule has 1 heterocycles. The highest BCUT2D eigenvalue weighted by Gasteiger charge is 2.84. The lowest BCUT2D eigenvalue weighted by Gasteiger charge is -2.52. The van der Waals surface area contributed by atoms with Crippen LogP contribution in [0.5, 0.6) is 0 Å². The van der Waals surface area contributed by atoms with E-state index in [4.69, 9.17) is 18.3 Å². The van der Waals surface area contributed by atoms with E-state index in [1.54, 1.807) is 0 Å². The topological polar surface area (TPSA) is 71.1 Å². The van der Waals surface area contributed by atoms with Crippen LogP contribution in [-0.2, 0) is 27.9 Å². The summed E-state index contributed by atoms with van der Waals surface area (Å²) in [6.45, 7) is 19.8. The van der Waals surface area contributed by atoms with Crippen LogP contribution in [0, 0.1) is 28.6 Å². The summed E-state index contributed by atoms with van der Waals surface area (Å²) < 4.78 is 25.7. The minimum Gasteiger partial charge on any atom is -0.469 e. The molecular formula is C26H40O6Si2. The first kappa shape index (κ1) is 24.5. The molecule has 1 unspecified atom stereocenters. The lowest BCUT2D eigenvalue weighted by molar-refractivity contribution is -0.166. The normalized spacial score (nSPS) is 46.8. The van der Waals surface area contributed by atoms with Gasteiger partial charge in [0, 0.05) is 11.8 Å². The largest absolute Gasteiger partial charge is 0.469 e. The van der Waals surface area contributed by atoms with Crippen molar-refractivity contribution in [3.05, 3.63) is 24.3 Å². The smallest absolute Gasteiger partial charge is 0.313 e. The third kappa shape index (κ3) is 2.97. The minimum absolute atomic E-state index is 0.0459. The van der Waals surface area contributed by atoms with Crippen LogP contribution in [0.4, 0.5) is 0 Å². The molecule has 4 bridgehead atoms. The summed E-state index contributed by atoms with van der Waals surface area (Å²) in [7, 11) is -2.49. The number of allylic oxidation sites excluding steroid dienone is 1. The maximum absolute atomic E-state index is 13.6. The molecule has 34 heavy (non-hydrogen) atoms.